The number of nitrogens with one attached hydrogen (secondary N) is 1. The molecule has 4 heterocycles. The van der Waals surface area contributed by atoms with Gasteiger partial charge in [-0.2, -0.15) is 0 Å². The van der Waals surface area contributed by atoms with Crippen LogP contribution in [0.2, 0.25) is 0 Å². The molecule has 1 aliphatic carbocycles. The molecule has 0 bridgehead atoms. The normalized spacial score (nSPS) is 24.3. The number of hydrogen-bond acceptors (Lipinski definition) is 10. The number of benzene rings is 2. The summed E-state index contributed by atoms with van der Waals surface area (Å²) in [6.45, 7) is 4.06. The fourth-order valence-corrected chi connectivity index (χ4v) is 7.08. The molecule has 3 aliphatic heterocycles. The van der Waals surface area contributed by atoms with Crippen molar-refractivity contribution in [2.45, 2.75) is 37.9 Å². The van der Waals surface area contributed by atoms with Crippen molar-refractivity contribution in [1.29, 1.82) is 0 Å². The molecule has 2 saturated heterocycles. The van der Waals surface area contributed by atoms with Gasteiger partial charge in [0.05, 0.1) is 46.9 Å². The molecule has 3 aromatic rings. The van der Waals surface area contributed by atoms with Gasteiger partial charge in [-0.05, 0) is 79.0 Å². The van der Waals surface area contributed by atoms with Gasteiger partial charge in [0, 0.05) is 17.9 Å². The van der Waals surface area contributed by atoms with E-state index in [9.17, 15) is 4.79 Å². The minimum Gasteiger partial charge on any atom is -0.493 e. The molecule has 222 valence electrons. The number of carbonyl (C=O) groups is 1. The number of nitrogens with zero attached hydrogens (tertiary/aromatic N) is 1. The highest BCUT2D eigenvalue weighted by molar-refractivity contribution is 5.79. The first-order valence-corrected chi connectivity index (χ1v) is 14.5. The standard InChI is InChI=1S/C32H36N2O8/c1-36-26-10-18(11-27(37-2)31(26)38-3)28-21-12-24-25(41-17-40-24)13-22(21)30(23-16-39-32(35)29(23)28)33-14-19-6-7-20(42-19)15-34-8-4-5-9-34/h6-7,10-13,23,28-30,33H,4-5,8-9,14-17H2,1-3H3/t23-,28+,29-,30+/m0/s1. The van der Waals surface area contributed by atoms with E-state index in [-0.39, 0.29) is 30.6 Å². The van der Waals surface area contributed by atoms with Crippen molar-refractivity contribution < 1.29 is 37.6 Å². The van der Waals surface area contributed by atoms with Gasteiger partial charge in [-0.25, -0.2) is 0 Å². The number of fused-ring (bicyclic) bond motifs is 3. The second kappa shape index (κ2) is 11.1. The minimum atomic E-state index is -0.430. The molecule has 0 saturated carbocycles. The molecule has 7 rings (SSSR count). The summed E-state index contributed by atoms with van der Waals surface area (Å²) >= 11 is 0. The second-order valence-corrected chi connectivity index (χ2v) is 11.3. The van der Waals surface area contributed by atoms with E-state index in [1.807, 2.05) is 30.3 Å². The van der Waals surface area contributed by atoms with E-state index in [2.05, 4.69) is 16.3 Å². The Labute approximate surface area is 244 Å². The van der Waals surface area contributed by atoms with Crippen LogP contribution in [0.4, 0.5) is 0 Å². The first-order valence-electron chi connectivity index (χ1n) is 14.5. The minimum absolute atomic E-state index is 0.117. The van der Waals surface area contributed by atoms with Crippen LogP contribution in [-0.2, 0) is 22.6 Å². The Balaban J connectivity index is 1.26. The summed E-state index contributed by atoms with van der Waals surface area (Å²) < 4.78 is 40.4. The van der Waals surface area contributed by atoms with Crippen molar-refractivity contribution in [3.05, 3.63) is 64.6 Å². The maximum atomic E-state index is 13.4. The van der Waals surface area contributed by atoms with Crippen molar-refractivity contribution in [3.63, 3.8) is 0 Å². The Hall–Kier alpha value is -3.89. The molecule has 2 aromatic carbocycles. The molecule has 0 radical (unpaired) electrons. The molecular formula is C32H36N2O8. The average molecular weight is 577 g/mol. The molecule has 10 heteroatoms. The Morgan fingerprint density at radius 1 is 0.881 bits per heavy atom. The zero-order valence-electron chi connectivity index (χ0n) is 24.1. The van der Waals surface area contributed by atoms with E-state index < -0.39 is 5.92 Å². The van der Waals surface area contributed by atoms with Gasteiger partial charge in [0.25, 0.3) is 0 Å². The van der Waals surface area contributed by atoms with E-state index >= 15 is 0 Å². The predicted octanol–water partition coefficient (Wildman–Crippen LogP) is 4.40. The van der Waals surface area contributed by atoms with Crippen molar-refractivity contribution >= 4 is 5.97 Å². The Bertz CT molecular complexity index is 1450. The first kappa shape index (κ1) is 27.0. The van der Waals surface area contributed by atoms with Crippen molar-refractivity contribution in [3.8, 4) is 28.7 Å². The molecule has 4 aliphatic rings. The number of hydrogen-bond donors (Lipinski definition) is 1. The summed E-state index contributed by atoms with van der Waals surface area (Å²) in [7, 11) is 4.75. The lowest BCUT2D eigenvalue weighted by atomic mass is 9.65. The van der Waals surface area contributed by atoms with Crippen LogP contribution >= 0.6 is 0 Å². The van der Waals surface area contributed by atoms with Gasteiger partial charge in [-0.15, -0.1) is 0 Å². The Morgan fingerprint density at radius 3 is 2.26 bits per heavy atom. The number of ether oxygens (including phenoxy) is 6. The van der Waals surface area contributed by atoms with E-state index in [4.69, 9.17) is 32.8 Å². The summed E-state index contributed by atoms with van der Waals surface area (Å²) in [5, 5.41) is 3.71. The number of furan rings is 1. The summed E-state index contributed by atoms with van der Waals surface area (Å²) in [6.07, 6.45) is 2.49. The third kappa shape index (κ3) is 4.62. The summed E-state index contributed by atoms with van der Waals surface area (Å²) in [5.41, 5.74) is 2.89. The Morgan fingerprint density at radius 2 is 1.57 bits per heavy atom. The highest BCUT2D eigenvalue weighted by Gasteiger charge is 2.52. The number of esters is 1. The molecule has 10 nitrogen and oxygen atoms in total. The summed E-state index contributed by atoms with van der Waals surface area (Å²) in [4.78, 5) is 15.9. The molecule has 2 fully saturated rings. The van der Waals surface area contributed by atoms with Crippen LogP contribution in [0.1, 0.15) is 53.0 Å². The molecule has 0 unspecified atom stereocenters. The third-order valence-electron chi connectivity index (χ3n) is 9.02. The molecule has 4 atom stereocenters. The second-order valence-electron chi connectivity index (χ2n) is 11.3. The van der Waals surface area contributed by atoms with Crippen LogP contribution in [0.25, 0.3) is 0 Å². The molecule has 42 heavy (non-hydrogen) atoms. The predicted molar refractivity (Wildman–Crippen MR) is 151 cm³/mol. The quantitative estimate of drug-likeness (QED) is 0.369. The zero-order valence-corrected chi connectivity index (χ0v) is 24.1. The smallest absolute Gasteiger partial charge is 0.310 e. The van der Waals surface area contributed by atoms with E-state index in [0.717, 1.165) is 47.8 Å². The van der Waals surface area contributed by atoms with Gasteiger partial charge >= 0.3 is 5.97 Å². The number of likely N-dealkylation sites (tertiary alicyclic amines) is 1. The number of rotatable bonds is 9. The fraction of sp³-hybridized carbons (Fsp3) is 0.469. The fourth-order valence-electron chi connectivity index (χ4n) is 7.08. The van der Waals surface area contributed by atoms with Crippen LogP contribution in [0.5, 0.6) is 28.7 Å². The van der Waals surface area contributed by atoms with Gasteiger partial charge in [-0.3, -0.25) is 9.69 Å². The van der Waals surface area contributed by atoms with Crippen LogP contribution in [0, 0.1) is 11.8 Å². The van der Waals surface area contributed by atoms with Crippen LogP contribution < -0.4 is 29.0 Å². The van der Waals surface area contributed by atoms with E-state index in [1.165, 1.54) is 12.8 Å². The van der Waals surface area contributed by atoms with Gasteiger partial charge in [0.2, 0.25) is 12.5 Å². The zero-order chi connectivity index (χ0) is 28.8. The van der Waals surface area contributed by atoms with Crippen LogP contribution in [-0.4, -0.2) is 58.7 Å². The maximum absolute atomic E-state index is 13.4. The average Bonchev–Trinajstić information content (AvgIpc) is 3.83. The van der Waals surface area contributed by atoms with Gasteiger partial charge in [0.15, 0.2) is 23.0 Å². The molecule has 0 amide bonds. The lowest BCUT2D eigenvalue weighted by Crippen LogP contribution is -2.40. The summed E-state index contributed by atoms with van der Waals surface area (Å²) in [6, 6.07) is 11.8. The highest BCUT2D eigenvalue weighted by atomic mass is 16.7. The van der Waals surface area contributed by atoms with Crippen molar-refractivity contribution in [2.75, 3.05) is 47.8 Å². The number of carbonyl (C=O) groups excluding carboxylic acids is 1. The van der Waals surface area contributed by atoms with Crippen LogP contribution in [0.3, 0.4) is 0 Å². The van der Waals surface area contributed by atoms with Crippen LogP contribution in [0.15, 0.2) is 40.8 Å². The SMILES string of the molecule is COc1cc([C@@H]2c3cc4c(cc3[C@@H](NCc3ccc(CN5CCCC5)o3)[C@H]3COC(=O)[C@H]23)OCO4)cc(OC)c1OC. The van der Waals surface area contributed by atoms with Crippen molar-refractivity contribution in [1.82, 2.24) is 10.2 Å². The largest absolute Gasteiger partial charge is 0.493 e. The van der Waals surface area contributed by atoms with Gasteiger partial charge in [-0.1, -0.05) is 0 Å². The lowest BCUT2D eigenvalue weighted by Gasteiger charge is -2.39. The highest BCUT2D eigenvalue weighted by Crippen LogP contribution is 2.55. The molecule has 1 N–H and O–H groups in total. The third-order valence-corrected chi connectivity index (χ3v) is 9.02. The topological polar surface area (TPSA) is 101 Å². The Kier molecular flexibility index (Phi) is 7.11. The summed E-state index contributed by atoms with van der Waals surface area (Å²) in [5.74, 6) is 3.65. The molecule has 1 aromatic heterocycles. The molecule has 0 spiro atoms. The van der Waals surface area contributed by atoms with Gasteiger partial charge < -0.3 is 38.2 Å². The van der Waals surface area contributed by atoms with E-state index in [1.54, 1.807) is 21.3 Å². The first-order chi connectivity index (χ1) is 20.6. The maximum Gasteiger partial charge on any atom is 0.310 e. The lowest BCUT2D eigenvalue weighted by molar-refractivity contribution is -0.141. The number of cyclic esters (lactones) is 1. The number of methoxy groups -OCH3 is 3. The van der Waals surface area contributed by atoms with Crippen molar-refractivity contribution in [2.24, 2.45) is 11.8 Å². The van der Waals surface area contributed by atoms with E-state index in [0.29, 0.717) is 41.9 Å². The van der Waals surface area contributed by atoms with Gasteiger partial charge in [0.1, 0.15) is 11.5 Å². The monoisotopic (exact) mass is 576 g/mol. The molecular weight excluding hydrogens is 540 g/mol.